The summed E-state index contributed by atoms with van der Waals surface area (Å²) in [5.74, 6) is 2.56. The molecule has 0 saturated heterocycles. The highest BCUT2D eigenvalue weighted by atomic mass is 32.2. The summed E-state index contributed by atoms with van der Waals surface area (Å²) in [7, 11) is 0. The second-order valence-electron chi connectivity index (χ2n) is 12.3. The Morgan fingerprint density at radius 3 is 0.720 bits per heavy atom. The average molecular weight is 689 g/mol. The highest BCUT2D eigenvalue weighted by Gasteiger charge is 2.16. The van der Waals surface area contributed by atoms with Crippen LogP contribution in [0.25, 0.3) is 0 Å². The summed E-state index contributed by atoms with van der Waals surface area (Å²) in [6.45, 7) is 0. The molecule has 12 bridgehead atoms. The molecule has 7 heterocycles. The summed E-state index contributed by atoms with van der Waals surface area (Å²) in [6.07, 6.45) is 0. The first-order valence-corrected chi connectivity index (χ1v) is 18.6. The van der Waals surface area contributed by atoms with E-state index in [-0.39, 0.29) is 23.1 Å². The van der Waals surface area contributed by atoms with Gasteiger partial charge in [0.15, 0.2) is 23.1 Å². The number of hydrogen-bond donors (Lipinski definition) is 0. The summed E-state index contributed by atoms with van der Waals surface area (Å²) in [5.41, 5.74) is 8.58. The van der Waals surface area contributed by atoms with Gasteiger partial charge in [-0.05, 0) is 34.4 Å². The number of ketones is 4. The van der Waals surface area contributed by atoms with Crippen LogP contribution in [0.1, 0.15) is 85.9 Å². The van der Waals surface area contributed by atoms with Crippen LogP contribution in [0, 0.1) is 0 Å². The van der Waals surface area contributed by atoms with Crippen molar-refractivity contribution in [3.63, 3.8) is 0 Å². The number of hydrogen-bond acceptors (Lipinski definition) is 6. The monoisotopic (exact) mass is 688 g/mol. The second kappa shape index (κ2) is 15.1. The van der Waals surface area contributed by atoms with Crippen molar-refractivity contribution >= 4 is 46.7 Å². The van der Waals surface area contributed by atoms with Crippen LogP contribution in [0.3, 0.4) is 0 Å². The van der Waals surface area contributed by atoms with Gasteiger partial charge in [-0.15, -0.1) is 0 Å². The van der Waals surface area contributed by atoms with Gasteiger partial charge in [-0.2, -0.15) is 23.5 Å². The zero-order chi connectivity index (χ0) is 34.5. The van der Waals surface area contributed by atoms with Gasteiger partial charge in [0.05, 0.1) is 0 Å². The third-order valence-electron chi connectivity index (χ3n) is 8.71. The lowest BCUT2D eigenvalue weighted by molar-refractivity contribution is 0.102. The fraction of sp³-hybridized carbons (Fsp3) is 0.0909. The molecule has 6 aromatic carbocycles. The lowest BCUT2D eigenvalue weighted by Crippen LogP contribution is -2.06. The minimum Gasteiger partial charge on any atom is -0.289 e. The Bertz CT molecular complexity index is 1890. The maximum Gasteiger partial charge on any atom is 0.193 e. The van der Waals surface area contributed by atoms with E-state index in [4.69, 9.17) is 0 Å². The molecule has 244 valence electrons. The van der Waals surface area contributed by atoms with Crippen molar-refractivity contribution in [2.24, 2.45) is 0 Å². The van der Waals surface area contributed by atoms with Crippen molar-refractivity contribution in [1.82, 2.24) is 0 Å². The topological polar surface area (TPSA) is 68.3 Å². The van der Waals surface area contributed by atoms with Crippen LogP contribution < -0.4 is 0 Å². The van der Waals surface area contributed by atoms with Crippen LogP contribution in [0.15, 0.2) is 146 Å². The van der Waals surface area contributed by atoms with Gasteiger partial charge in [0.1, 0.15) is 0 Å². The maximum atomic E-state index is 13.4. The van der Waals surface area contributed by atoms with E-state index in [0.717, 1.165) is 45.3 Å². The highest BCUT2D eigenvalue weighted by Crippen LogP contribution is 2.24. The van der Waals surface area contributed by atoms with Crippen molar-refractivity contribution < 1.29 is 19.2 Å². The zero-order valence-corrected chi connectivity index (χ0v) is 28.8. The Morgan fingerprint density at radius 2 is 0.500 bits per heavy atom. The number of rotatable bonds is 0. The summed E-state index contributed by atoms with van der Waals surface area (Å²) in [4.78, 5) is 53.4. The number of thioether (sulfide) groups is 2. The van der Waals surface area contributed by atoms with Crippen LogP contribution in [-0.4, -0.2) is 23.1 Å². The van der Waals surface area contributed by atoms with Crippen LogP contribution in [0.4, 0.5) is 0 Å². The number of benzene rings is 6. The third kappa shape index (κ3) is 7.62. The van der Waals surface area contributed by atoms with E-state index < -0.39 is 0 Å². The van der Waals surface area contributed by atoms with Gasteiger partial charge in [0, 0.05) is 67.5 Å². The molecule has 0 aliphatic carbocycles. The molecule has 13 rings (SSSR count). The van der Waals surface area contributed by atoms with Gasteiger partial charge >= 0.3 is 0 Å². The minimum atomic E-state index is -0.125. The highest BCUT2D eigenvalue weighted by molar-refractivity contribution is 7.97. The third-order valence-corrected chi connectivity index (χ3v) is 10.9. The molecular weight excluding hydrogens is 657 g/mol. The molecule has 0 radical (unpaired) electrons. The summed E-state index contributed by atoms with van der Waals surface area (Å²) in [5, 5.41) is 0. The van der Waals surface area contributed by atoms with E-state index in [1.807, 2.05) is 97.1 Å². The second-order valence-corrected chi connectivity index (χ2v) is 14.2. The van der Waals surface area contributed by atoms with Crippen molar-refractivity contribution in [3.05, 3.63) is 212 Å². The van der Waals surface area contributed by atoms with E-state index in [1.165, 1.54) is 0 Å². The molecule has 0 atom stereocenters. The molecule has 0 aromatic heterocycles. The van der Waals surface area contributed by atoms with Gasteiger partial charge in [0.25, 0.3) is 0 Å². The molecule has 0 unspecified atom stereocenters. The molecule has 0 saturated carbocycles. The van der Waals surface area contributed by atoms with Crippen LogP contribution in [-0.2, 0) is 23.0 Å². The number of carbonyl (C=O) groups is 4. The quantitative estimate of drug-likeness (QED) is 0.158. The molecule has 0 N–H and O–H groups in total. The van der Waals surface area contributed by atoms with E-state index in [0.29, 0.717) is 44.5 Å². The molecule has 0 amide bonds. The lowest BCUT2D eigenvalue weighted by atomic mass is 9.97. The largest absolute Gasteiger partial charge is 0.289 e. The summed E-state index contributed by atoms with van der Waals surface area (Å²) < 4.78 is 0. The van der Waals surface area contributed by atoms with Gasteiger partial charge in [0.2, 0.25) is 0 Å². The van der Waals surface area contributed by atoms with Crippen molar-refractivity contribution in [1.29, 1.82) is 0 Å². The van der Waals surface area contributed by atoms with Crippen LogP contribution in [0.5, 0.6) is 0 Å². The Balaban J connectivity index is 1.14. The summed E-state index contributed by atoms with van der Waals surface area (Å²) in [6, 6.07) is 44.3. The normalized spacial score (nSPS) is 14.1. The molecule has 7 aliphatic heterocycles. The van der Waals surface area contributed by atoms with Crippen LogP contribution in [0.2, 0.25) is 0 Å². The molecule has 6 aromatic rings. The van der Waals surface area contributed by atoms with Crippen molar-refractivity contribution in [2.75, 3.05) is 0 Å². The van der Waals surface area contributed by atoms with Gasteiger partial charge in [-0.1, -0.05) is 133 Å². The van der Waals surface area contributed by atoms with Gasteiger partial charge < -0.3 is 0 Å². The summed E-state index contributed by atoms with van der Waals surface area (Å²) >= 11 is 3.50. The Hall–Kier alpha value is -5.30. The standard InChI is InChI=1S/C44H32O4S2/c45-41-33-15-7-29(8-16-33)25-49-27-31-11-19-35(20-12-31)43(47)39-5-2-6-40(24-39)44(48)36-21-13-32(14-22-36)28-50-26-30-9-17-34(18-10-30)42(46)38-4-1-3-37(41)23-38/h1-24H,25-28H2. The van der Waals surface area contributed by atoms with E-state index >= 15 is 0 Å². The molecule has 0 spiro atoms. The molecular formula is C44H32O4S2. The SMILES string of the molecule is O=C1c2ccc(cc2)CSCc2ccc(cc2)C(=O)c2cccc(c2)C(=O)c2ccc(cc2)CSCc2ccc(cc2)C(=O)c2cccc1c2. The van der Waals surface area contributed by atoms with Crippen LogP contribution >= 0.6 is 23.5 Å². The van der Waals surface area contributed by atoms with Crippen molar-refractivity contribution in [3.8, 4) is 0 Å². The molecule has 7 aliphatic rings. The first-order chi connectivity index (χ1) is 24.4. The first kappa shape index (κ1) is 33.2. The predicted molar refractivity (Wildman–Crippen MR) is 202 cm³/mol. The fourth-order valence-corrected chi connectivity index (χ4v) is 7.77. The fourth-order valence-electron chi connectivity index (χ4n) is 5.85. The van der Waals surface area contributed by atoms with E-state index in [9.17, 15) is 19.2 Å². The van der Waals surface area contributed by atoms with Crippen molar-refractivity contribution in [2.45, 2.75) is 23.0 Å². The lowest BCUT2D eigenvalue weighted by Gasteiger charge is -2.08. The van der Waals surface area contributed by atoms with E-state index in [1.54, 1.807) is 72.1 Å². The predicted octanol–water partition coefficient (Wildman–Crippen LogP) is 9.79. The maximum absolute atomic E-state index is 13.4. The van der Waals surface area contributed by atoms with E-state index in [2.05, 4.69) is 0 Å². The zero-order valence-electron chi connectivity index (χ0n) is 27.1. The minimum absolute atomic E-state index is 0.125. The molecule has 6 heteroatoms. The van der Waals surface area contributed by atoms with Gasteiger partial charge in [-0.25, -0.2) is 0 Å². The molecule has 4 nitrogen and oxygen atoms in total. The van der Waals surface area contributed by atoms with Gasteiger partial charge in [-0.3, -0.25) is 19.2 Å². The average Bonchev–Trinajstić information content (AvgIpc) is 3.17. The Labute approximate surface area is 300 Å². The molecule has 50 heavy (non-hydrogen) atoms. The smallest absolute Gasteiger partial charge is 0.193 e. The Morgan fingerprint density at radius 1 is 0.280 bits per heavy atom. The number of carbonyl (C=O) groups excluding carboxylic acids is 4. The molecule has 0 fully saturated rings. The Kier molecular flexibility index (Phi) is 10.0. The first-order valence-electron chi connectivity index (χ1n) is 16.3.